The minimum absolute atomic E-state index is 0.772. The van der Waals surface area contributed by atoms with E-state index in [0.717, 1.165) is 24.1 Å². The van der Waals surface area contributed by atoms with Crippen LogP contribution in [-0.2, 0) is 6.54 Å². The van der Waals surface area contributed by atoms with Crippen molar-refractivity contribution in [1.29, 1.82) is 5.26 Å². The third kappa shape index (κ3) is 2.67. The normalized spacial score (nSPS) is 24.7. The molecule has 1 unspecified atom stereocenters. The molecule has 0 N–H and O–H groups in total. The zero-order chi connectivity index (χ0) is 13.1. The summed E-state index contributed by atoms with van der Waals surface area (Å²) in [5.74, 6) is 0.914. The maximum absolute atomic E-state index is 9.20. The lowest BCUT2D eigenvalue weighted by atomic mass is 9.95. The molecule has 2 aliphatic rings. The molecule has 0 spiro atoms. The van der Waals surface area contributed by atoms with Crippen molar-refractivity contribution in [2.75, 3.05) is 6.54 Å². The van der Waals surface area contributed by atoms with Gasteiger partial charge in [-0.1, -0.05) is 31.0 Å². The second kappa shape index (κ2) is 5.75. The highest BCUT2D eigenvalue weighted by atomic mass is 15.2. The first-order valence-electron chi connectivity index (χ1n) is 7.60. The van der Waals surface area contributed by atoms with Crippen LogP contribution in [0.25, 0.3) is 0 Å². The molecule has 1 saturated carbocycles. The van der Waals surface area contributed by atoms with Crippen LogP contribution in [-0.4, -0.2) is 17.5 Å². The van der Waals surface area contributed by atoms with Crippen LogP contribution in [0, 0.1) is 17.2 Å². The Morgan fingerprint density at radius 3 is 2.68 bits per heavy atom. The molecule has 2 heteroatoms. The number of rotatable bonds is 3. The molecule has 2 nitrogen and oxygen atoms in total. The molecule has 1 aliphatic carbocycles. The Morgan fingerprint density at radius 2 is 1.89 bits per heavy atom. The minimum atomic E-state index is 0.772. The van der Waals surface area contributed by atoms with Crippen molar-refractivity contribution in [3.8, 4) is 6.07 Å². The number of nitriles is 1. The smallest absolute Gasteiger partial charge is 0.0995 e. The van der Waals surface area contributed by atoms with Crippen molar-refractivity contribution in [1.82, 2.24) is 4.90 Å². The summed E-state index contributed by atoms with van der Waals surface area (Å²) in [5, 5.41) is 9.20. The Kier molecular flexibility index (Phi) is 3.84. The maximum Gasteiger partial charge on any atom is 0.0995 e. The highest BCUT2D eigenvalue weighted by Crippen LogP contribution is 2.36. The van der Waals surface area contributed by atoms with Gasteiger partial charge in [0, 0.05) is 12.6 Å². The molecule has 1 saturated heterocycles. The molecule has 1 aromatic carbocycles. The van der Waals surface area contributed by atoms with E-state index < -0.39 is 0 Å². The molecular formula is C17H22N2. The summed E-state index contributed by atoms with van der Waals surface area (Å²) in [4.78, 5) is 2.63. The van der Waals surface area contributed by atoms with Crippen molar-refractivity contribution < 1.29 is 0 Å². The van der Waals surface area contributed by atoms with Crippen LogP contribution < -0.4 is 0 Å². The Morgan fingerprint density at radius 1 is 1.11 bits per heavy atom. The van der Waals surface area contributed by atoms with Gasteiger partial charge in [0.2, 0.25) is 0 Å². The van der Waals surface area contributed by atoms with E-state index in [1.165, 1.54) is 50.6 Å². The number of hydrogen-bond donors (Lipinski definition) is 0. The summed E-state index contributed by atoms with van der Waals surface area (Å²) in [5.41, 5.74) is 2.05. The molecule has 100 valence electrons. The number of hydrogen-bond acceptors (Lipinski definition) is 2. The zero-order valence-electron chi connectivity index (χ0n) is 11.5. The Labute approximate surface area is 116 Å². The molecule has 3 rings (SSSR count). The predicted octanol–water partition coefficient (Wildman–Crippen LogP) is 3.71. The van der Waals surface area contributed by atoms with E-state index in [9.17, 15) is 5.26 Å². The van der Waals surface area contributed by atoms with Crippen LogP contribution in [0.15, 0.2) is 24.3 Å². The van der Waals surface area contributed by atoms with Crippen molar-refractivity contribution in [3.63, 3.8) is 0 Å². The van der Waals surface area contributed by atoms with Gasteiger partial charge in [-0.15, -0.1) is 0 Å². The van der Waals surface area contributed by atoms with E-state index in [1.54, 1.807) is 0 Å². The van der Waals surface area contributed by atoms with Crippen molar-refractivity contribution in [3.05, 3.63) is 35.4 Å². The van der Waals surface area contributed by atoms with E-state index in [1.807, 2.05) is 12.1 Å². The largest absolute Gasteiger partial charge is 0.296 e. The monoisotopic (exact) mass is 254 g/mol. The van der Waals surface area contributed by atoms with E-state index in [4.69, 9.17) is 0 Å². The first-order chi connectivity index (χ1) is 9.38. The van der Waals surface area contributed by atoms with Gasteiger partial charge in [-0.3, -0.25) is 4.90 Å². The van der Waals surface area contributed by atoms with E-state index in [-0.39, 0.29) is 0 Å². The first-order valence-corrected chi connectivity index (χ1v) is 7.60. The molecule has 1 atom stereocenters. The molecule has 1 aromatic rings. The third-order valence-corrected chi connectivity index (χ3v) is 4.87. The fourth-order valence-electron chi connectivity index (χ4n) is 3.91. The lowest BCUT2D eigenvalue weighted by Gasteiger charge is -2.29. The van der Waals surface area contributed by atoms with Gasteiger partial charge in [0.05, 0.1) is 11.6 Å². The first kappa shape index (κ1) is 12.7. The van der Waals surface area contributed by atoms with Crippen LogP contribution >= 0.6 is 0 Å². The Bertz CT molecular complexity index is 468. The lowest BCUT2D eigenvalue weighted by Crippen LogP contribution is -2.34. The highest BCUT2D eigenvalue weighted by Gasteiger charge is 2.33. The molecule has 0 radical (unpaired) electrons. The summed E-state index contributed by atoms with van der Waals surface area (Å²) >= 11 is 0. The quantitative estimate of drug-likeness (QED) is 0.822. The second-order valence-corrected chi connectivity index (χ2v) is 5.99. The summed E-state index contributed by atoms with van der Waals surface area (Å²) in [6, 6.07) is 11.2. The van der Waals surface area contributed by atoms with Crippen LogP contribution in [0.2, 0.25) is 0 Å². The number of benzene rings is 1. The van der Waals surface area contributed by atoms with Gasteiger partial charge >= 0.3 is 0 Å². The third-order valence-electron chi connectivity index (χ3n) is 4.87. The fraction of sp³-hybridized carbons (Fsp3) is 0.588. The van der Waals surface area contributed by atoms with Crippen molar-refractivity contribution in [2.24, 2.45) is 5.92 Å². The molecule has 19 heavy (non-hydrogen) atoms. The highest BCUT2D eigenvalue weighted by molar-refractivity contribution is 5.37. The van der Waals surface area contributed by atoms with Gasteiger partial charge in [-0.05, 0) is 49.8 Å². The zero-order valence-corrected chi connectivity index (χ0v) is 11.5. The summed E-state index contributed by atoms with van der Waals surface area (Å²) in [6.07, 6.45) is 8.37. The van der Waals surface area contributed by atoms with Gasteiger partial charge in [0.1, 0.15) is 0 Å². The van der Waals surface area contributed by atoms with Gasteiger partial charge in [-0.2, -0.15) is 5.26 Å². The number of nitrogens with zero attached hydrogens (tertiary/aromatic N) is 2. The maximum atomic E-state index is 9.20. The molecule has 1 heterocycles. The molecule has 0 amide bonds. The molecule has 1 aliphatic heterocycles. The number of likely N-dealkylation sites (tertiary alicyclic amines) is 1. The lowest BCUT2D eigenvalue weighted by molar-refractivity contribution is 0.183. The second-order valence-electron chi connectivity index (χ2n) is 5.99. The standard InChI is InChI=1S/C17H22N2/c18-12-15-8-3-4-9-16(15)13-19-11-5-10-17(19)14-6-1-2-7-14/h3-4,8-9,14,17H,1-2,5-7,10-11,13H2. The van der Waals surface area contributed by atoms with E-state index in [2.05, 4.69) is 23.1 Å². The summed E-state index contributed by atoms with van der Waals surface area (Å²) in [6.45, 7) is 2.17. The van der Waals surface area contributed by atoms with Crippen LogP contribution in [0.1, 0.15) is 49.7 Å². The predicted molar refractivity (Wildman–Crippen MR) is 76.5 cm³/mol. The average Bonchev–Trinajstić information content (AvgIpc) is 3.09. The van der Waals surface area contributed by atoms with Crippen LogP contribution in [0.3, 0.4) is 0 Å². The van der Waals surface area contributed by atoms with Gasteiger partial charge < -0.3 is 0 Å². The molecule has 0 bridgehead atoms. The topological polar surface area (TPSA) is 27.0 Å². The van der Waals surface area contributed by atoms with Gasteiger partial charge in [0.25, 0.3) is 0 Å². The van der Waals surface area contributed by atoms with Crippen molar-refractivity contribution >= 4 is 0 Å². The summed E-state index contributed by atoms with van der Waals surface area (Å²) in [7, 11) is 0. The van der Waals surface area contributed by atoms with Gasteiger partial charge in [0.15, 0.2) is 0 Å². The Hall–Kier alpha value is -1.33. The van der Waals surface area contributed by atoms with Crippen molar-refractivity contribution in [2.45, 2.75) is 51.1 Å². The van der Waals surface area contributed by atoms with Crippen LogP contribution in [0.4, 0.5) is 0 Å². The minimum Gasteiger partial charge on any atom is -0.296 e. The average molecular weight is 254 g/mol. The SMILES string of the molecule is N#Cc1ccccc1CN1CCCC1C1CCCC1. The molecule has 2 fully saturated rings. The van der Waals surface area contributed by atoms with E-state index >= 15 is 0 Å². The Balaban J connectivity index is 1.73. The summed E-state index contributed by atoms with van der Waals surface area (Å²) < 4.78 is 0. The fourth-order valence-corrected chi connectivity index (χ4v) is 3.91. The van der Waals surface area contributed by atoms with Gasteiger partial charge in [-0.25, -0.2) is 0 Å². The van der Waals surface area contributed by atoms with Crippen LogP contribution in [0.5, 0.6) is 0 Å². The molecule has 0 aromatic heterocycles. The van der Waals surface area contributed by atoms with E-state index in [0.29, 0.717) is 0 Å². The molecular weight excluding hydrogens is 232 g/mol.